The maximum absolute atomic E-state index is 13.1. The topological polar surface area (TPSA) is 96.8 Å². The van der Waals surface area contributed by atoms with Gasteiger partial charge in [-0.3, -0.25) is 9.59 Å². The number of hydrogen-bond acceptors (Lipinski definition) is 5. The maximum atomic E-state index is 13.1. The first-order valence-electron chi connectivity index (χ1n) is 10.0. The van der Waals surface area contributed by atoms with Crippen LogP contribution in [0.5, 0.6) is 0 Å². The van der Waals surface area contributed by atoms with E-state index in [0.717, 1.165) is 25.0 Å². The van der Waals surface area contributed by atoms with Gasteiger partial charge >= 0.3 is 6.09 Å². The highest BCUT2D eigenvalue weighted by atomic mass is 16.6. The zero-order valence-electron chi connectivity index (χ0n) is 16.9. The Labute approximate surface area is 165 Å². The van der Waals surface area contributed by atoms with Gasteiger partial charge in [0.05, 0.1) is 12.3 Å². The van der Waals surface area contributed by atoms with Crippen molar-refractivity contribution in [1.82, 2.24) is 24.7 Å². The molecule has 0 radical (unpaired) electrons. The molecule has 0 spiro atoms. The van der Waals surface area contributed by atoms with Crippen LogP contribution in [0.2, 0.25) is 0 Å². The number of hydrogen-bond donors (Lipinski definition) is 1. The van der Waals surface area contributed by atoms with Crippen molar-refractivity contribution in [2.45, 2.75) is 52.6 Å². The monoisotopic (exact) mass is 391 g/mol. The molecule has 9 nitrogen and oxygen atoms in total. The number of carbonyl (C=O) groups is 3. The molecule has 0 atom stereocenters. The third-order valence-electron chi connectivity index (χ3n) is 5.04. The molecule has 3 amide bonds. The summed E-state index contributed by atoms with van der Waals surface area (Å²) < 4.78 is 6.92. The van der Waals surface area contributed by atoms with Crippen molar-refractivity contribution < 1.29 is 19.1 Å². The molecule has 154 valence electrons. The Kier molecular flexibility index (Phi) is 6.21. The summed E-state index contributed by atoms with van der Waals surface area (Å²) in [7, 11) is 0. The highest BCUT2D eigenvalue weighted by Gasteiger charge is 2.32. The molecule has 1 fully saturated rings. The largest absolute Gasteiger partial charge is 0.450 e. The fraction of sp³-hybridized carbons (Fsp3) is 0.684. The highest BCUT2D eigenvalue weighted by molar-refractivity contribution is 5.97. The van der Waals surface area contributed by atoms with E-state index in [1.807, 2.05) is 18.4 Å². The molecule has 2 aliphatic heterocycles. The van der Waals surface area contributed by atoms with Crippen LogP contribution in [0.3, 0.4) is 0 Å². The average Bonchev–Trinajstić information content (AvgIpc) is 3.07. The molecule has 1 aromatic rings. The molecular formula is C19H29N5O4. The van der Waals surface area contributed by atoms with Gasteiger partial charge in [0.25, 0.3) is 11.8 Å². The van der Waals surface area contributed by atoms with Gasteiger partial charge in [-0.05, 0) is 40.0 Å². The summed E-state index contributed by atoms with van der Waals surface area (Å²) in [5.74, 6) is -0.0877. The van der Waals surface area contributed by atoms with E-state index >= 15 is 0 Å². The van der Waals surface area contributed by atoms with Crippen LogP contribution < -0.4 is 5.32 Å². The summed E-state index contributed by atoms with van der Waals surface area (Å²) in [6.45, 7) is 8.30. The van der Waals surface area contributed by atoms with Gasteiger partial charge in [-0.1, -0.05) is 0 Å². The first kappa shape index (κ1) is 20.2. The van der Waals surface area contributed by atoms with Crippen LogP contribution in [0.25, 0.3) is 0 Å². The van der Waals surface area contributed by atoms with Gasteiger partial charge in [0.15, 0.2) is 5.82 Å². The third kappa shape index (κ3) is 4.13. The minimum absolute atomic E-state index is 0.00328. The van der Waals surface area contributed by atoms with Crippen molar-refractivity contribution >= 4 is 17.9 Å². The maximum Gasteiger partial charge on any atom is 0.409 e. The molecule has 9 heteroatoms. The van der Waals surface area contributed by atoms with E-state index in [0.29, 0.717) is 50.8 Å². The molecule has 0 aliphatic carbocycles. The summed E-state index contributed by atoms with van der Waals surface area (Å²) in [6.07, 6.45) is 2.35. The first-order valence-corrected chi connectivity index (χ1v) is 10.0. The van der Waals surface area contributed by atoms with Crippen LogP contribution in [0.4, 0.5) is 4.79 Å². The van der Waals surface area contributed by atoms with E-state index in [2.05, 4.69) is 10.3 Å². The van der Waals surface area contributed by atoms with Crippen molar-refractivity contribution in [2.24, 2.45) is 0 Å². The number of fused-ring (bicyclic) bond motifs is 1. The number of imidazole rings is 1. The number of carbonyl (C=O) groups excluding carboxylic acids is 3. The Hall–Kier alpha value is -2.58. The van der Waals surface area contributed by atoms with E-state index in [1.54, 1.807) is 16.7 Å². The SMILES string of the molecule is CCOC(=O)N1CCN(C(=O)c2nc(C(=O)NC(C)C)c3n2CCCC3)CC1. The lowest BCUT2D eigenvalue weighted by molar-refractivity contribution is 0.0556. The van der Waals surface area contributed by atoms with Gasteiger partial charge < -0.3 is 24.4 Å². The lowest BCUT2D eigenvalue weighted by Crippen LogP contribution is -2.51. The summed E-state index contributed by atoms with van der Waals surface area (Å²) in [5, 5.41) is 2.87. The van der Waals surface area contributed by atoms with Crippen molar-refractivity contribution in [1.29, 1.82) is 0 Å². The zero-order valence-corrected chi connectivity index (χ0v) is 16.9. The lowest BCUT2D eigenvalue weighted by atomic mass is 10.1. The number of piperazine rings is 1. The number of aromatic nitrogens is 2. The van der Waals surface area contributed by atoms with E-state index in [9.17, 15) is 14.4 Å². The Morgan fingerprint density at radius 2 is 1.75 bits per heavy atom. The Bertz CT molecular complexity index is 750. The van der Waals surface area contributed by atoms with Crippen molar-refractivity contribution in [2.75, 3.05) is 32.8 Å². The minimum atomic E-state index is -0.347. The second kappa shape index (κ2) is 8.62. The first-order chi connectivity index (χ1) is 13.4. The normalized spacial score (nSPS) is 16.7. The summed E-state index contributed by atoms with van der Waals surface area (Å²) in [5.41, 5.74) is 1.21. The van der Waals surface area contributed by atoms with E-state index in [4.69, 9.17) is 4.74 Å². The second-order valence-electron chi connectivity index (χ2n) is 7.45. The van der Waals surface area contributed by atoms with Crippen LogP contribution in [0.1, 0.15) is 60.4 Å². The molecule has 2 aliphatic rings. The van der Waals surface area contributed by atoms with Crippen LogP contribution in [0, 0.1) is 0 Å². The molecule has 0 unspecified atom stereocenters. The number of nitrogens with zero attached hydrogens (tertiary/aromatic N) is 4. The predicted octanol–water partition coefficient (Wildman–Crippen LogP) is 1.27. The zero-order chi connectivity index (χ0) is 20.3. The highest BCUT2D eigenvalue weighted by Crippen LogP contribution is 2.22. The Balaban J connectivity index is 1.76. The molecule has 3 heterocycles. The predicted molar refractivity (Wildman–Crippen MR) is 102 cm³/mol. The van der Waals surface area contributed by atoms with E-state index in [1.165, 1.54) is 0 Å². The van der Waals surface area contributed by atoms with Crippen LogP contribution in [0.15, 0.2) is 0 Å². The van der Waals surface area contributed by atoms with Gasteiger partial charge in [-0.15, -0.1) is 0 Å². The Morgan fingerprint density at radius 3 is 2.39 bits per heavy atom. The average molecular weight is 391 g/mol. The van der Waals surface area contributed by atoms with Gasteiger partial charge in [-0.25, -0.2) is 9.78 Å². The van der Waals surface area contributed by atoms with E-state index in [-0.39, 0.29) is 23.9 Å². The molecule has 1 N–H and O–H groups in total. The number of nitrogens with one attached hydrogen (secondary N) is 1. The molecule has 1 aromatic heterocycles. The lowest BCUT2D eigenvalue weighted by Gasteiger charge is -2.34. The molecular weight excluding hydrogens is 362 g/mol. The molecule has 0 bridgehead atoms. The standard InChI is InChI=1S/C19H29N5O4/c1-4-28-19(27)23-11-9-22(10-12-23)18(26)16-21-15(17(25)20-13(2)3)14-7-5-6-8-24(14)16/h13H,4-12H2,1-3H3,(H,20,25). The quantitative estimate of drug-likeness (QED) is 0.834. The Morgan fingerprint density at radius 1 is 1.07 bits per heavy atom. The van der Waals surface area contributed by atoms with E-state index < -0.39 is 0 Å². The van der Waals surface area contributed by atoms with Crippen molar-refractivity contribution in [3.8, 4) is 0 Å². The fourth-order valence-electron chi connectivity index (χ4n) is 3.67. The number of rotatable bonds is 4. The van der Waals surface area contributed by atoms with Crippen molar-refractivity contribution in [3.05, 3.63) is 17.2 Å². The third-order valence-corrected chi connectivity index (χ3v) is 5.04. The van der Waals surface area contributed by atoms with Crippen molar-refractivity contribution in [3.63, 3.8) is 0 Å². The fourth-order valence-corrected chi connectivity index (χ4v) is 3.67. The second-order valence-corrected chi connectivity index (χ2v) is 7.45. The van der Waals surface area contributed by atoms with Gasteiger partial charge in [0.1, 0.15) is 5.69 Å². The number of ether oxygens (including phenoxy) is 1. The van der Waals surface area contributed by atoms with Gasteiger partial charge in [0, 0.05) is 38.8 Å². The summed E-state index contributed by atoms with van der Waals surface area (Å²) >= 11 is 0. The van der Waals surface area contributed by atoms with Crippen LogP contribution in [-0.4, -0.2) is 76.1 Å². The summed E-state index contributed by atoms with van der Waals surface area (Å²) in [4.78, 5) is 45.3. The van der Waals surface area contributed by atoms with Gasteiger partial charge in [0.2, 0.25) is 0 Å². The summed E-state index contributed by atoms with van der Waals surface area (Å²) in [6, 6.07) is 0.00328. The smallest absolute Gasteiger partial charge is 0.409 e. The number of amides is 3. The molecule has 1 saturated heterocycles. The minimum Gasteiger partial charge on any atom is -0.450 e. The van der Waals surface area contributed by atoms with Crippen LogP contribution >= 0.6 is 0 Å². The molecule has 0 aromatic carbocycles. The molecule has 28 heavy (non-hydrogen) atoms. The molecule has 3 rings (SSSR count). The molecule has 0 saturated carbocycles. The van der Waals surface area contributed by atoms with Crippen LogP contribution in [-0.2, 0) is 17.7 Å². The van der Waals surface area contributed by atoms with Gasteiger partial charge in [-0.2, -0.15) is 0 Å².